The van der Waals surface area contributed by atoms with E-state index in [1.165, 1.54) is 10.5 Å². The molecule has 5 heterocycles. The van der Waals surface area contributed by atoms with Crippen LogP contribution in [0, 0.1) is 5.41 Å². The fraction of sp³-hybridized carbons (Fsp3) is 0.467. The monoisotopic (exact) mass is 547 g/mol. The van der Waals surface area contributed by atoms with Crippen LogP contribution < -0.4 is 10.6 Å². The van der Waals surface area contributed by atoms with Crippen molar-refractivity contribution in [2.45, 2.75) is 58.4 Å². The van der Waals surface area contributed by atoms with Gasteiger partial charge >= 0.3 is 6.03 Å². The quantitative estimate of drug-likeness (QED) is 0.431. The molecule has 4 amide bonds. The van der Waals surface area contributed by atoms with Crippen LogP contribution in [0.15, 0.2) is 47.5 Å². The number of aromatic nitrogens is 1. The second-order valence-corrected chi connectivity index (χ2v) is 12.9. The summed E-state index contributed by atoms with van der Waals surface area (Å²) in [5.41, 5.74) is 2.34. The fourth-order valence-electron chi connectivity index (χ4n) is 5.48. The third-order valence-corrected chi connectivity index (χ3v) is 8.61. The highest BCUT2D eigenvalue weighted by molar-refractivity contribution is 7.09. The molecule has 3 aliphatic heterocycles. The summed E-state index contributed by atoms with van der Waals surface area (Å²) in [5, 5.41) is 8.10. The number of pyridine rings is 1. The lowest BCUT2D eigenvalue weighted by Gasteiger charge is -2.43. The maximum Gasteiger partial charge on any atom is 0.317 e. The lowest BCUT2D eigenvalue weighted by atomic mass is 9.71. The minimum atomic E-state index is -0.549. The molecule has 1 fully saturated rings. The van der Waals surface area contributed by atoms with Crippen LogP contribution in [0.1, 0.15) is 56.0 Å². The van der Waals surface area contributed by atoms with E-state index in [2.05, 4.69) is 39.2 Å². The molecule has 0 aliphatic carbocycles. The van der Waals surface area contributed by atoms with Crippen LogP contribution >= 0.6 is 11.3 Å². The highest BCUT2D eigenvalue weighted by Crippen LogP contribution is 2.41. The van der Waals surface area contributed by atoms with Crippen LogP contribution in [0.5, 0.6) is 0 Å². The van der Waals surface area contributed by atoms with Crippen LogP contribution in [0.3, 0.4) is 0 Å². The Morgan fingerprint density at radius 2 is 2.00 bits per heavy atom. The molecule has 2 N–H and O–H groups in total. The number of piperidine rings is 1. The predicted octanol–water partition coefficient (Wildman–Crippen LogP) is 4.64. The molecule has 1 saturated heterocycles. The van der Waals surface area contributed by atoms with E-state index in [0.29, 0.717) is 44.7 Å². The van der Waals surface area contributed by atoms with Gasteiger partial charge in [-0.25, -0.2) is 9.78 Å². The number of nitrogens with zero attached hydrogens (tertiary/aromatic N) is 3. The zero-order valence-corrected chi connectivity index (χ0v) is 23.8. The van der Waals surface area contributed by atoms with Crippen molar-refractivity contribution < 1.29 is 14.4 Å². The van der Waals surface area contributed by atoms with Crippen molar-refractivity contribution in [2.24, 2.45) is 5.41 Å². The molecule has 5 rings (SSSR count). The van der Waals surface area contributed by atoms with E-state index >= 15 is 0 Å². The number of rotatable bonds is 4. The highest BCUT2D eigenvalue weighted by atomic mass is 32.1. The number of anilines is 1. The summed E-state index contributed by atoms with van der Waals surface area (Å²) in [6.45, 7) is 8.30. The first-order chi connectivity index (χ1) is 18.6. The standard InChI is InChI=1S/C30H37N5O3S/c1-29(2,3)33-28(38)35-14-10-30(11-15-35)19-23-17-22(20-31-26(23)32-27(30)37)6-7-25(36)34-12-8-21(9-13-34)18-24-5-4-16-39-24/h4-8,16-17,20H,9-15,18-19H2,1-3H3,(H,33,38)(H,31,32,37)/b7-6+. The van der Waals surface area contributed by atoms with E-state index in [4.69, 9.17) is 0 Å². The molecular weight excluding hydrogens is 510 g/mol. The van der Waals surface area contributed by atoms with Gasteiger partial charge in [0, 0.05) is 55.3 Å². The van der Waals surface area contributed by atoms with Gasteiger partial charge in [0.15, 0.2) is 0 Å². The van der Waals surface area contributed by atoms with Gasteiger partial charge in [-0.1, -0.05) is 17.7 Å². The van der Waals surface area contributed by atoms with Gasteiger partial charge in [0.1, 0.15) is 5.82 Å². The number of urea groups is 1. The molecule has 0 saturated carbocycles. The van der Waals surface area contributed by atoms with Gasteiger partial charge in [-0.05, 0) is 81.2 Å². The minimum absolute atomic E-state index is 0.00942. The molecule has 8 nitrogen and oxygen atoms in total. The van der Waals surface area contributed by atoms with Crippen molar-refractivity contribution in [3.05, 3.63) is 63.5 Å². The van der Waals surface area contributed by atoms with Gasteiger partial charge in [-0.2, -0.15) is 0 Å². The first kappa shape index (κ1) is 27.1. The number of carbonyl (C=O) groups is 3. The van der Waals surface area contributed by atoms with Crippen molar-refractivity contribution in [3.63, 3.8) is 0 Å². The molecule has 3 aliphatic rings. The van der Waals surface area contributed by atoms with Crippen LogP contribution in [0.4, 0.5) is 10.6 Å². The van der Waals surface area contributed by atoms with Crippen molar-refractivity contribution >= 4 is 41.1 Å². The van der Waals surface area contributed by atoms with E-state index in [0.717, 1.165) is 30.5 Å². The fourth-order valence-corrected chi connectivity index (χ4v) is 6.23. The number of hydrogen-bond acceptors (Lipinski definition) is 5. The van der Waals surface area contributed by atoms with Crippen molar-refractivity contribution in [1.29, 1.82) is 0 Å². The largest absolute Gasteiger partial charge is 0.335 e. The topological polar surface area (TPSA) is 94.6 Å². The Morgan fingerprint density at radius 3 is 2.67 bits per heavy atom. The van der Waals surface area contributed by atoms with Crippen LogP contribution in [0.2, 0.25) is 0 Å². The smallest absolute Gasteiger partial charge is 0.317 e. The summed E-state index contributed by atoms with van der Waals surface area (Å²) in [6.07, 6.45) is 10.9. The van der Waals surface area contributed by atoms with Gasteiger partial charge in [-0.3, -0.25) is 9.59 Å². The first-order valence-electron chi connectivity index (χ1n) is 13.6. The Labute approximate surface area is 234 Å². The van der Waals surface area contributed by atoms with Crippen LogP contribution in [-0.4, -0.2) is 64.3 Å². The number of thiophene rings is 1. The Kier molecular flexibility index (Phi) is 7.62. The minimum Gasteiger partial charge on any atom is -0.335 e. The molecule has 2 aromatic heterocycles. The molecule has 0 aromatic carbocycles. The second kappa shape index (κ2) is 11.0. The van der Waals surface area contributed by atoms with Gasteiger partial charge in [-0.15, -0.1) is 11.3 Å². The lowest BCUT2D eigenvalue weighted by Crippen LogP contribution is -2.55. The molecule has 39 heavy (non-hydrogen) atoms. The van der Waals surface area contributed by atoms with E-state index in [1.54, 1.807) is 28.5 Å². The van der Waals surface area contributed by atoms with E-state index in [-0.39, 0.29) is 23.4 Å². The van der Waals surface area contributed by atoms with Gasteiger partial charge in [0.2, 0.25) is 11.8 Å². The van der Waals surface area contributed by atoms with E-state index in [9.17, 15) is 14.4 Å². The van der Waals surface area contributed by atoms with Gasteiger partial charge < -0.3 is 20.4 Å². The Balaban J connectivity index is 1.19. The third kappa shape index (κ3) is 6.41. The number of amides is 4. The normalized spacial score (nSPS) is 19.1. The molecule has 1 spiro atoms. The summed E-state index contributed by atoms with van der Waals surface area (Å²) >= 11 is 1.77. The molecular formula is C30H37N5O3S. The van der Waals surface area contributed by atoms with Crippen molar-refractivity contribution in [3.8, 4) is 0 Å². The molecule has 0 atom stereocenters. The Hall–Kier alpha value is -3.46. The first-order valence-corrected chi connectivity index (χ1v) is 14.5. The number of hydrogen-bond donors (Lipinski definition) is 2. The SMILES string of the molecule is CC(C)(C)NC(=O)N1CCC2(CC1)Cc1cc(/C=C/C(=O)N3CC=C(Cc4cccs4)CC3)cnc1NC2=O. The zero-order chi connectivity index (χ0) is 27.6. The highest BCUT2D eigenvalue weighted by Gasteiger charge is 2.45. The Bertz CT molecular complexity index is 1300. The number of carbonyl (C=O) groups excluding carboxylic acids is 3. The Morgan fingerprint density at radius 1 is 1.21 bits per heavy atom. The zero-order valence-electron chi connectivity index (χ0n) is 23.0. The molecule has 206 valence electrons. The predicted molar refractivity (Wildman–Crippen MR) is 154 cm³/mol. The molecule has 2 aromatic rings. The van der Waals surface area contributed by atoms with Gasteiger partial charge in [0.25, 0.3) is 0 Å². The van der Waals surface area contributed by atoms with Crippen LogP contribution in [-0.2, 0) is 22.4 Å². The maximum absolute atomic E-state index is 13.1. The molecule has 0 radical (unpaired) electrons. The second-order valence-electron chi connectivity index (χ2n) is 11.8. The summed E-state index contributed by atoms with van der Waals surface area (Å²) in [7, 11) is 0. The van der Waals surface area contributed by atoms with Gasteiger partial charge in [0.05, 0.1) is 5.41 Å². The molecule has 0 bridgehead atoms. The number of likely N-dealkylation sites (tertiary alicyclic amines) is 1. The van der Waals surface area contributed by atoms with Crippen LogP contribution in [0.25, 0.3) is 6.08 Å². The third-order valence-electron chi connectivity index (χ3n) is 7.73. The summed E-state index contributed by atoms with van der Waals surface area (Å²) in [6, 6.07) is 6.16. The lowest BCUT2D eigenvalue weighted by molar-refractivity contribution is -0.128. The summed E-state index contributed by atoms with van der Waals surface area (Å²) in [4.78, 5) is 48.0. The maximum atomic E-state index is 13.1. The number of fused-ring (bicyclic) bond motifs is 1. The van der Waals surface area contributed by atoms with E-state index < -0.39 is 5.41 Å². The average molecular weight is 548 g/mol. The van der Waals surface area contributed by atoms with Crippen molar-refractivity contribution in [1.82, 2.24) is 20.1 Å². The molecule has 9 heteroatoms. The average Bonchev–Trinajstić information content (AvgIpc) is 3.41. The number of nitrogens with one attached hydrogen (secondary N) is 2. The van der Waals surface area contributed by atoms with E-state index in [1.807, 2.05) is 37.8 Å². The summed E-state index contributed by atoms with van der Waals surface area (Å²) < 4.78 is 0. The van der Waals surface area contributed by atoms with Crippen molar-refractivity contribution in [2.75, 3.05) is 31.5 Å². The molecule has 0 unspecified atom stereocenters. The summed E-state index contributed by atoms with van der Waals surface area (Å²) in [5.74, 6) is 0.555.